The van der Waals surface area contributed by atoms with Crippen LogP contribution in [0.25, 0.3) is 0 Å². The minimum atomic E-state index is -0.731. The maximum absolute atomic E-state index is 12.0. The Kier molecular flexibility index (Phi) is 4.70. The fourth-order valence-corrected chi connectivity index (χ4v) is 2.79. The van der Waals surface area contributed by atoms with Gasteiger partial charge in [0.25, 0.3) is 0 Å². The second kappa shape index (κ2) is 6.07. The van der Waals surface area contributed by atoms with Gasteiger partial charge in [-0.15, -0.1) is 0 Å². The molecular weight excluding hydrogens is 286 g/mol. The molecule has 6 heteroatoms. The van der Waals surface area contributed by atoms with Crippen LogP contribution >= 0.6 is 0 Å². The van der Waals surface area contributed by atoms with Crippen LogP contribution in [0.15, 0.2) is 0 Å². The van der Waals surface area contributed by atoms with Crippen LogP contribution in [0.3, 0.4) is 0 Å². The van der Waals surface area contributed by atoms with Crippen molar-refractivity contribution < 1.29 is 24.2 Å². The number of amides is 1. The first-order valence-corrected chi connectivity index (χ1v) is 7.93. The number of carboxylic acids is 1. The van der Waals surface area contributed by atoms with E-state index in [1.165, 1.54) is 0 Å². The van der Waals surface area contributed by atoms with Gasteiger partial charge in [-0.05, 0) is 40.0 Å². The molecule has 126 valence electrons. The molecule has 0 aromatic carbocycles. The van der Waals surface area contributed by atoms with E-state index < -0.39 is 11.6 Å². The van der Waals surface area contributed by atoms with Crippen molar-refractivity contribution in [1.29, 1.82) is 0 Å². The first kappa shape index (κ1) is 17.1. The van der Waals surface area contributed by atoms with Gasteiger partial charge in [-0.1, -0.05) is 6.92 Å². The number of piperidine rings is 1. The van der Waals surface area contributed by atoms with Crippen LogP contribution in [0.2, 0.25) is 0 Å². The number of rotatable bonds is 4. The van der Waals surface area contributed by atoms with Crippen molar-refractivity contribution in [3.05, 3.63) is 0 Å². The summed E-state index contributed by atoms with van der Waals surface area (Å²) in [5.74, 6) is -1.000. The molecule has 0 spiro atoms. The van der Waals surface area contributed by atoms with Crippen molar-refractivity contribution in [1.82, 2.24) is 4.90 Å². The fourth-order valence-electron chi connectivity index (χ4n) is 2.79. The summed E-state index contributed by atoms with van der Waals surface area (Å²) in [5, 5.41) is 9.00. The van der Waals surface area contributed by atoms with Gasteiger partial charge in [0, 0.05) is 18.5 Å². The van der Waals surface area contributed by atoms with E-state index in [2.05, 4.69) is 0 Å². The Balaban J connectivity index is 1.70. The van der Waals surface area contributed by atoms with Crippen LogP contribution in [0, 0.1) is 11.3 Å². The third-order valence-electron chi connectivity index (χ3n) is 4.39. The molecule has 1 aliphatic heterocycles. The number of likely N-dealkylation sites (tertiary alicyclic amines) is 1. The Labute approximate surface area is 131 Å². The van der Waals surface area contributed by atoms with Crippen LogP contribution in [-0.2, 0) is 14.3 Å². The highest BCUT2D eigenvalue weighted by atomic mass is 16.6. The van der Waals surface area contributed by atoms with E-state index in [-0.39, 0.29) is 23.5 Å². The Bertz CT molecular complexity index is 436. The molecule has 0 aromatic heterocycles. The largest absolute Gasteiger partial charge is 0.481 e. The summed E-state index contributed by atoms with van der Waals surface area (Å²) in [4.78, 5) is 24.6. The first-order chi connectivity index (χ1) is 10.1. The van der Waals surface area contributed by atoms with Gasteiger partial charge in [0.2, 0.25) is 0 Å². The molecule has 2 atom stereocenters. The minimum absolute atomic E-state index is 0.102. The summed E-state index contributed by atoms with van der Waals surface area (Å²) in [6, 6.07) is 0. The molecule has 1 aliphatic carbocycles. The summed E-state index contributed by atoms with van der Waals surface area (Å²) < 4.78 is 11.2. The maximum Gasteiger partial charge on any atom is 0.410 e. The van der Waals surface area contributed by atoms with Crippen molar-refractivity contribution in [3.63, 3.8) is 0 Å². The molecule has 1 N–H and O–H groups in total. The number of nitrogens with zero attached hydrogens (tertiary/aromatic N) is 1. The molecule has 1 heterocycles. The van der Waals surface area contributed by atoms with Crippen LogP contribution in [0.4, 0.5) is 4.79 Å². The molecule has 2 fully saturated rings. The molecule has 0 bridgehead atoms. The SMILES string of the molecule is CC(C)(C)OC(=O)N1CCC(OCC2(C)CC2C(=O)O)CC1. The minimum Gasteiger partial charge on any atom is -0.481 e. The molecule has 0 radical (unpaired) electrons. The lowest BCUT2D eigenvalue weighted by atomic mass is 10.1. The topological polar surface area (TPSA) is 76.1 Å². The van der Waals surface area contributed by atoms with E-state index >= 15 is 0 Å². The van der Waals surface area contributed by atoms with Crippen LogP contribution in [0.1, 0.15) is 47.0 Å². The Morgan fingerprint density at radius 1 is 1.27 bits per heavy atom. The third kappa shape index (κ3) is 4.35. The number of ether oxygens (including phenoxy) is 2. The molecule has 22 heavy (non-hydrogen) atoms. The Morgan fingerprint density at radius 3 is 2.32 bits per heavy atom. The second-order valence-electron chi connectivity index (χ2n) is 7.73. The number of carboxylic acid groups (broad SMARTS) is 1. The van der Waals surface area contributed by atoms with Crippen molar-refractivity contribution in [2.75, 3.05) is 19.7 Å². The van der Waals surface area contributed by atoms with E-state index in [0.29, 0.717) is 26.1 Å². The molecule has 2 aliphatic rings. The average Bonchev–Trinajstić information content (AvgIpc) is 3.08. The van der Waals surface area contributed by atoms with E-state index in [1.54, 1.807) is 4.90 Å². The van der Waals surface area contributed by atoms with E-state index in [0.717, 1.165) is 12.8 Å². The number of hydrogen-bond acceptors (Lipinski definition) is 4. The summed E-state index contributed by atoms with van der Waals surface area (Å²) >= 11 is 0. The monoisotopic (exact) mass is 313 g/mol. The number of carbonyl (C=O) groups is 2. The summed E-state index contributed by atoms with van der Waals surface area (Å²) in [6.45, 7) is 9.27. The standard InChI is InChI=1S/C16H27NO5/c1-15(2,3)22-14(20)17-7-5-11(6-8-17)21-10-16(4)9-12(16)13(18)19/h11-12H,5-10H2,1-4H3,(H,18,19). The van der Waals surface area contributed by atoms with Crippen molar-refractivity contribution in [2.24, 2.45) is 11.3 Å². The zero-order chi connectivity index (χ0) is 16.5. The van der Waals surface area contributed by atoms with E-state index in [4.69, 9.17) is 14.6 Å². The molecule has 6 nitrogen and oxygen atoms in total. The molecule has 1 saturated carbocycles. The van der Waals surface area contributed by atoms with Gasteiger partial charge in [0.1, 0.15) is 5.60 Å². The number of hydrogen-bond donors (Lipinski definition) is 1. The summed E-state index contributed by atoms with van der Waals surface area (Å²) in [5.41, 5.74) is -0.690. The first-order valence-electron chi connectivity index (χ1n) is 7.93. The Hall–Kier alpha value is -1.30. The van der Waals surface area contributed by atoms with Gasteiger partial charge in [-0.2, -0.15) is 0 Å². The highest BCUT2D eigenvalue weighted by molar-refractivity contribution is 5.74. The van der Waals surface area contributed by atoms with Crippen LogP contribution < -0.4 is 0 Å². The average molecular weight is 313 g/mol. The summed E-state index contributed by atoms with van der Waals surface area (Å²) in [7, 11) is 0. The fraction of sp³-hybridized carbons (Fsp3) is 0.875. The highest BCUT2D eigenvalue weighted by Gasteiger charge is 2.55. The summed E-state index contributed by atoms with van der Waals surface area (Å²) in [6.07, 6.45) is 2.07. The van der Waals surface area contributed by atoms with E-state index in [1.807, 2.05) is 27.7 Å². The number of carbonyl (C=O) groups excluding carboxylic acids is 1. The number of aliphatic carboxylic acids is 1. The highest BCUT2D eigenvalue weighted by Crippen LogP contribution is 2.52. The molecular formula is C16H27NO5. The van der Waals surface area contributed by atoms with Crippen LogP contribution in [-0.4, -0.2) is 53.5 Å². The van der Waals surface area contributed by atoms with E-state index in [9.17, 15) is 9.59 Å². The molecule has 0 aromatic rings. The lowest BCUT2D eigenvalue weighted by Gasteiger charge is -2.33. The molecule has 2 rings (SSSR count). The lowest BCUT2D eigenvalue weighted by Crippen LogP contribution is -2.43. The second-order valence-corrected chi connectivity index (χ2v) is 7.73. The van der Waals surface area contributed by atoms with Crippen molar-refractivity contribution in [3.8, 4) is 0 Å². The van der Waals surface area contributed by atoms with Crippen LogP contribution in [0.5, 0.6) is 0 Å². The quantitative estimate of drug-likeness (QED) is 0.863. The molecule has 1 amide bonds. The normalized spacial score (nSPS) is 29.3. The van der Waals surface area contributed by atoms with Gasteiger partial charge >= 0.3 is 12.1 Å². The molecule has 2 unspecified atom stereocenters. The van der Waals surface area contributed by atoms with Gasteiger partial charge in [-0.25, -0.2) is 4.79 Å². The van der Waals surface area contributed by atoms with Crippen molar-refractivity contribution >= 4 is 12.1 Å². The van der Waals surface area contributed by atoms with Gasteiger partial charge < -0.3 is 19.5 Å². The lowest BCUT2D eigenvalue weighted by molar-refractivity contribution is -0.140. The van der Waals surface area contributed by atoms with Gasteiger partial charge in [0.05, 0.1) is 18.6 Å². The smallest absolute Gasteiger partial charge is 0.410 e. The predicted molar refractivity (Wildman–Crippen MR) is 80.6 cm³/mol. The molecule has 1 saturated heterocycles. The van der Waals surface area contributed by atoms with Gasteiger partial charge in [0.15, 0.2) is 0 Å². The van der Waals surface area contributed by atoms with Crippen molar-refractivity contribution in [2.45, 2.75) is 58.7 Å². The maximum atomic E-state index is 12.0. The predicted octanol–water partition coefficient (Wildman–Crippen LogP) is 2.51. The Morgan fingerprint density at radius 2 is 1.86 bits per heavy atom. The van der Waals surface area contributed by atoms with Gasteiger partial charge in [-0.3, -0.25) is 4.79 Å². The third-order valence-corrected chi connectivity index (χ3v) is 4.39. The zero-order valence-electron chi connectivity index (χ0n) is 13.9. The zero-order valence-corrected chi connectivity index (χ0v) is 13.9.